The Morgan fingerprint density at radius 3 is 2.50 bits per heavy atom. The average Bonchev–Trinajstić information content (AvgIpc) is 2.46. The van der Waals surface area contributed by atoms with Crippen molar-refractivity contribution in [2.24, 2.45) is 0 Å². The molecule has 0 saturated heterocycles. The summed E-state index contributed by atoms with van der Waals surface area (Å²) in [5.41, 5.74) is 3.52. The zero-order valence-corrected chi connectivity index (χ0v) is 13.1. The minimum Gasteiger partial charge on any atom is -0.506 e. The molecule has 0 saturated carbocycles. The molecule has 0 aliphatic carbocycles. The van der Waals surface area contributed by atoms with Crippen LogP contribution < -0.4 is 10.1 Å². The Balaban J connectivity index is 1.86. The van der Waals surface area contributed by atoms with Gasteiger partial charge in [0.05, 0.1) is 18.7 Å². The normalized spacial score (nSPS) is 10.3. The molecular formula is C18H21NO3. The average molecular weight is 299 g/mol. The van der Waals surface area contributed by atoms with Crippen LogP contribution in [-0.4, -0.2) is 17.6 Å². The summed E-state index contributed by atoms with van der Waals surface area (Å²) in [6.07, 6.45) is 0.223. The van der Waals surface area contributed by atoms with Gasteiger partial charge in [0.1, 0.15) is 11.5 Å². The summed E-state index contributed by atoms with van der Waals surface area (Å²) in [6.45, 7) is 6.14. The molecule has 2 rings (SSSR count). The van der Waals surface area contributed by atoms with E-state index in [9.17, 15) is 9.90 Å². The van der Waals surface area contributed by atoms with Gasteiger partial charge >= 0.3 is 0 Å². The first-order valence-electron chi connectivity index (χ1n) is 7.25. The Hall–Kier alpha value is -2.49. The van der Waals surface area contributed by atoms with E-state index in [2.05, 4.69) is 5.32 Å². The van der Waals surface area contributed by atoms with Gasteiger partial charge in [-0.15, -0.1) is 0 Å². The van der Waals surface area contributed by atoms with E-state index >= 15 is 0 Å². The maximum absolute atomic E-state index is 11.9. The number of hydrogen-bond acceptors (Lipinski definition) is 3. The summed E-state index contributed by atoms with van der Waals surface area (Å²) >= 11 is 0. The first-order chi connectivity index (χ1) is 10.5. The van der Waals surface area contributed by atoms with Crippen molar-refractivity contribution in [2.75, 3.05) is 11.9 Å². The van der Waals surface area contributed by atoms with Crippen molar-refractivity contribution < 1.29 is 14.6 Å². The van der Waals surface area contributed by atoms with Crippen LogP contribution in [0.25, 0.3) is 0 Å². The largest absolute Gasteiger partial charge is 0.506 e. The van der Waals surface area contributed by atoms with Crippen molar-refractivity contribution >= 4 is 11.6 Å². The number of nitrogens with one attached hydrogen (secondary N) is 1. The van der Waals surface area contributed by atoms with Crippen LogP contribution in [0.1, 0.15) is 23.1 Å². The number of rotatable bonds is 5. The fraction of sp³-hybridized carbons (Fsp3) is 0.278. The van der Waals surface area contributed by atoms with Crippen LogP contribution in [0.3, 0.4) is 0 Å². The number of phenols is 1. The Morgan fingerprint density at radius 2 is 1.77 bits per heavy atom. The molecule has 0 unspecified atom stereocenters. The molecule has 0 aromatic heterocycles. The number of hydrogen-bond donors (Lipinski definition) is 2. The lowest BCUT2D eigenvalue weighted by molar-refractivity contribution is -0.116. The fourth-order valence-electron chi connectivity index (χ4n) is 2.08. The van der Waals surface area contributed by atoms with Gasteiger partial charge in [0.2, 0.25) is 5.91 Å². The molecule has 0 fully saturated rings. The molecular weight excluding hydrogens is 278 g/mol. The number of ether oxygens (including phenoxy) is 1. The van der Waals surface area contributed by atoms with Crippen molar-refractivity contribution in [3.05, 3.63) is 53.1 Å². The quantitative estimate of drug-likeness (QED) is 0.827. The molecule has 4 nitrogen and oxygen atoms in total. The number of carbonyl (C=O) groups is 1. The molecule has 0 heterocycles. The Morgan fingerprint density at radius 1 is 1.09 bits per heavy atom. The molecule has 2 aromatic carbocycles. The highest BCUT2D eigenvalue weighted by molar-refractivity contribution is 5.92. The van der Waals surface area contributed by atoms with Crippen molar-refractivity contribution in [1.29, 1.82) is 0 Å². The standard InChI is InChI=1S/C18H21NO3/c1-12-5-7-15(16(20)10-12)19-18(21)8-9-22-17-11-13(2)4-6-14(17)3/h4-7,10-11,20H,8-9H2,1-3H3,(H,19,21). The first-order valence-corrected chi connectivity index (χ1v) is 7.25. The number of aromatic hydroxyl groups is 1. The summed E-state index contributed by atoms with van der Waals surface area (Å²) in [7, 11) is 0. The van der Waals surface area contributed by atoms with Gasteiger partial charge < -0.3 is 15.2 Å². The van der Waals surface area contributed by atoms with Gasteiger partial charge in [0.25, 0.3) is 0 Å². The van der Waals surface area contributed by atoms with Gasteiger partial charge in [0, 0.05) is 0 Å². The van der Waals surface area contributed by atoms with Gasteiger partial charge in [0.15, 0.2) is 0 Å². The summed E-state index contributed by atoms with van der Waals surface area (Å²) in [5, 5.41) is 12.4. The molecule has 116 valence electrons. The van der Waals surface area contributed by atoms with Gasteiger partial charge in [-0.25, -0.2) is 0 Å². The third-order valence-corrected chi connectivity index (χ3v) is 3.36. The van der Waals surface area contributed by atoms with Crippen LogP contribution in [-0.2, 0) is 4.79 Å². The monoisotopic (exact) mass is 299 g/mol. The van der Waals surface area contributed by atoms with E-state index in [1.54, 1.807) is 12.1 Å². The van der Waals surface area contributed by atoms with Crippen molar-refractivity contribution in [3.8, 4) is 11.5 Å². The number of benzene rings is 2. The predicted molar refractivity (Wildman–Crippen MR) is 87.5 cm³/mol. The Kier molecular flexibility index (Phi) is 5.04. The van der Waals surface area contributed by atoms with E-state index in [1.807, 2.05) is 45.0 Å². The second kappa shape index (κ2) is 6.98. The third-order valence-electron chi connectivity index (χ3n) is 3.36. The van der Waals surface area contributed by atoms with Gasteiger partial charge in [-0.2, -0.15) is 0 Å². The Bertz CT molecular complexity index is 680. The molecule has 2 aromatic rings. The topological polar surface area (TPSA) is 58.6 Å². The molecule has 0 aliphatic heterocycles. The molecule has 0 spiro atoms. The molecule has 0 atom stereocenters. The first kappa shape index (κ1) is 15.9. The maximum atomic E-state index is 11.9. The smallest absolute Gasteiger partial charge is 0.227 e. The molecule has 1 amide bonds. The summed E-state index contributed by atoms with van der Waals surface area (Å²) in [4.78, 5) is 11.9. The van der Waals surface area contributed by atoms with E-state index < -0.39 is 0 Å². The summed E-state index contributed by atoms with van der Waals surface area (Å²) < 4.78 is 5.65. The number of amides is 1. The third kappa shape index (κ3) is 4.25. The van der Waals surface area contributed by atoms with Crippen LogP contribution in [0.15, 0.2) is 36.4 Å². The van der Waals surface area contributed by atoms with Crippen molar-refractivity contribution in [2.45, 2.75) is 27.2 Å². The van der Waals surface area contributed by atoms with Gasteiger partial charge in [-0.05, 0) is 55.7 Å². The predicted octanol–water partition coefficient (Wildman–Crippen LogP) is 3.73. The lowest BCUT2D eigenvalue weighted by atomic mass is 10.1. The second-order valence-electron chi connectivity index (χ2n) is 5.44. The van der Waals surface area contributed by atoms with Gasteiger partial charge in [-0.3, -0.25) is 4.79 Å². The molecule has 0 aliphatic rings. The van der Waals surface area contributed by atoms with Gasteiger partial charge in [-0.1, -0.05) is 18.2 Å². The van der Waals surface area contributed by atoms with E-state index in [0.29, 0.717) is 12.3 Å². The van der Waals surface area contributed by atoms with E-state index in [0.717, 1.165) is 22.4 Å². The molecule has 2 N–H and O–H groups in total. The zero-order chi connectivity index (χ0) is 16.1. The number of aryl methyl sites for hydroxylation is 3. The van der Waals surface area contributed by atoms with Crippen LogP contribution >= 0.6 is 0 Å². The van der Waals surface area contributed by atoms with E-state index in [1.165, 1.54) is 0 Å². The minimum absolute atomic E-state index is 0.0730. The highest BCUT2D eigenvalue weighted by Crippen LogP contribution is 2.24. The van der Waals surface area contributed by atoms with Crippen LogP contribution in [0.4, 0.5) is 5.69 Å². The summed E-state index contributed by atoms with van der Waals surface area (Å²) in [6, 6.07) is 11.1. The number of phenolic OH excluding ortho intramolecular Hbond substituents is 1. The summed E-state index contributed by atoms with van der Waals surface area (Å²) in [5.74, 6) is 0.680. The lowest BCUT2D eigenvalue weighted by Crippen LogP contribution is -2.15. The SMILES string of the molecule is Cc1ccc(NC(=O)CCOc2cc(C)ccc2C)c(O)c1. The number of carbonyl (C=O) groups excluding carboxylic acids is 1. The minimum atomic E-state index is -0.190. The van der Waals surface area contributed by atoms with E-state index in [-0.39, 0.29) is 18.1 Å². The second-order valence-corrected chi connectivity index (χ2v) is 5.44. The molecule has 4 heteroatoms. The molecule has 0 bridgehead atoms. The van der Waals surface area contributed by atoms with Crippen molar-refractivity contribution in [3.63, 3.8) is 0 Å². The van der Waals surface area contributed by atoms with Crippen LogP contribution in [0.2, 0.25) is 0 Å². The van der Waals surface area contributed by atoms with Crippen molar-refractivity contribution in [1.82, 2.24) is 0 Å². The maximum Gasteiger partial charge on any atom is 0.227 e. The van der Waals surface area contributed by atoms with Crippen LogP contribution in [0.5, 0.6) is 11.5 Å². The molecule has 0 radical (unpaired) electrons. The van der Waals surface area contributed by atoms with E-state index in [4.69, 9.17) is 4.74 Å². The van der Waals surface area contributed by atoms with Crippen LogP contribution in [0, 0.1) is 20.8 Å². The highest BCUT2D eigenvalue weighted by atomic mass is 16.5. The Labute approximate surface area is 130 Å². The zero-order valence-electron chi connectivity index (χ0n) is 13.1. The number of anilines is 1. The highest BCUT2D eigenvalue weighted by Gasteiger charge is 2.07. The lowest BCUT2D eigenvalue weighted by Gasteiger charge is -2.11. The fourth-order valence-corrected chi connectivity index (χ4v) is 2.08. The molecule has 22 heavy (non-hydrogen) atoms.